The summed E-state index contributed by atoms with van der Waals surface area (Å²) in [4.78, 5) is 11.6. The Bertz CT molecular complexity index is 524. The van der Waals surface area contributed by atoms with Gasteiger partial charge >= 0.3 is 0 Å². The first-order chi connectivity index (χ1) is 7.66. The lowest BCUT2D eigenvalue weighted by atomic mass is 10.2. The van der Waals surface area contributed by atoms with Crippen LogP contribution in [-0.2, 0) is 11.3 Å². The highest BCUT2D eigenvalue weighted by Crippen LogP contribution is 2.16. The molecule has 1 aromatic carbocycles. The lowest BCUT2D eigenvalue weighted by Gasteiger charge is -1.95. The van der Waals surface area contributed by atoms with Crippen LogP contribution in [0.5, 0.6) is 0 Å². The number of hydrogen-bond acceptors (Lipinski definition) is 4. The Labute approximate surface area is 89.9 Å². The zero-order chi connectivity index (χ0) is 11.5. The Balaban J connectivity index is 2.32. The molecule has 0 aliphatic carbocycles. The molecule has 2 rings (SSSR count). The lowest BCUT2D eigenvalue weighted by Crippen LogP contribution is -2.20. The average Bonchev–Trinajstić information content (AvgIpc) is 2.66. The molecule has 0 bridgehead atoms. The Morgan fingerprint density at radius 2 is 2.19 bits per heavy atom. The van der Waals surface area contributed by atoms with Crippen LogP contribution in [0.15, 0.2) is 24.3 Å². The van der Waals surface area contributed by atoms with E-state index in [-0.39, 0.29) is 17.9 Å². The van der Waals surface area contributed by atoms with Crippen molar-refractivity contribution in [2.75, 3.05) is 0 Å². The summed E-state index contributed by atoms with van der Waals surface area (Å²) < 4.78 is 13.3. The molecule has 7 heteroatoms. The third-order valence-electron chi connectivity index (χ3n) is 1.86. The number of halogens is 1. The van der Waals surface area contributed by atoms with Gasteiger partial charge in [-0.25, -0.2) is 4.39 Å². The maximum Gasteiger partial charge on any atom is 0.241 e. The van der Waals surface area contributed by atoms with Crippen molar-refractivity contribution in [3.63, 3.8) is 0 Å². The number of nitrogens with two attached hydrogens (primary N) is 1. The normalized spacial score (nSPS) is 10.3. The van der Waals surface area contributed by atoms with Crippen LogP contribution < -0.4 is 5.73 Å². The highest BCUT2D eigenvalue weighted by atomic mass is 19.1. The third kappa shape index (κ3) is 2.02. The van der Waals surface area contributed by atoms with Crippen LogP contribution in [-0.4, -0.2) is 26.1 Å². The molecule has 0 spiro atoms. The summed E-state index contributed by atoms with van der Waals surface area (Å²) in [7, 11) is 0. The Morgan fingerprint density at radius 1 is 1.44 bits per heavy atom. The van der Waals surface area contributed by atoms with E-state index in [0.29, 0.717) is 0 Å². The second-order valence-electron chi connectivity index (χ2n) is 3.09. The van der Waals surface area contributed by atoms with Crippen LogP contribution in [0.4, 0.5) is 4.39 Å². The Hall–Kier alpha value is -2.31. The fraction of sp³-hybridized carbons (Fsp3) is 0.111. The second-order valence-corrected chi connectivity index (χ2v) is 3.09. The highest BCUT2D eigenvalue weighted by Gasteiger charge is 2.10. The molecule has 0 atom stereocenters. The molecule has 1 amide bonds. The smallest absolute Gasteiger partial charge is 0.241 e. The van der Waals surface area contributed by atoms with E-state index >= 15 is 0 Å². The quantitative estimate of drug-likeness (QED) is 0.788. The van der Waals surface area contributed by atoms with Gasteiger partial charge in [-0.1, -0.05) is 12.1 Å². The van der Waals surface area contributed by atoms with Gasteiger partial charge in [0.05, 0.1) is 5.56 Å². The molecule has 2 aromatic rings. The molecular formula is C9H8FN5O. The summed E-state index contributed by atoms with van der Waals surface area (Å²) in [5.74, 6) is -0.905. The topological polar surface area (TPSA) is 86.7 Å². The van der Waals surface area contributed by atoms with Gasteiger partial charge in [-0.3, -0.25) is 4.79 Å². The lowest BCUT2D eigenvalue weighted by molar-refractivity contribution is -0.118. The number of tetrazole rings is 1. The van der Waals surface area contributed by atoms with Gasteiger partial charge in [-0.05, 0) is 17.3 Å². The van der Waals surface area contributed by atoms with Crippen LogP contribution in [0.3, 0.4) is 0 Å². The van der Waals surface area contributed by atoms with Crippen molar-refractivity contribution >= 4 is 5.91 Å². The van der Waals surface area contributed by atoms with E-state index in [1.165, 1.54) is 12.1 Å². The predicted octanol–water partition coefficient (Wildman–Crippen LogP) is -0.0355. The number of aromatic nitrogens is 4. The molecule has 0 aliphatic rings. The van der Waals surface area contributed by atoms with Crippen LogP contribution >= 0.6 is 0 Å². The molecule has 0 radical (unpaired) electrons. The van der Waals surface area contributed by atoms with Crippen molar-refractivity contribution in [3.8, 4) is 11.4 Å². The molecular weight excluding hydrogens is 213 g/mol. The molecule has 1 heterocycles. The largest absolute Gasteiger partial charge is 0.368 e. The molecule has 0 saturated carbocycles. The van der Waals surface area contributed by atoms with Crippen LogP contribution in [0.1, 0.15) is 0 Å². The van der Waals surface area contributed by atoms with Gasteiger partial charge in [-0.2, -0.15) is 4.80 Å². The van der Waals surface area contributed by atoms with E-state index < -0.39 is 11.7 Å². The monoisotopic (exact) mass is 221 g/mol. The van der Waals surface area contributed by atoms with E-state index in [1.807, 2.05) is 0 Å². The molecule has 2 N–H and O–H groups in total. The van der Waals surface area contributed by atoms with E-state index in [2.05, 4.69) is 15.4 Å². The zero-order valence-corrected chi connectivity index (χ0v) is 8.17. The van der Waals surface area contributed by atoms with Crippen LogP contribution in [0.2, 0.25) is 0 Å². The van der Waals surface area contributed by atoms with Gasteiger partial charge in [-0.15, -0.1) is 10.2 Å². The molecule has 82 valence electrons. The SMILES string of the molecule is NC(=O)Cn1nnc(-c2ccccc2F)n1. The van der Waals surface area contributed by atoms with Gasteiger partial charge in [0.1, 0.15) is 12.4 Å². The number of benzene rings is 1. The van der Waals surface area contributed by atoms with Gasteiger partial charge in [0.25, 0.3) is 0 Å². The number of hydrogen-bond donors (Lipinski definition) is 1. The molecule has 0 aliphatic heterocycles. The first-order valence-electron chi connectivity index (χ1n) is 4.48. The number of primary amides is 1. The van der Waals surface area contributed by atoms with E-state index in [0.717, 1.165) is 4.80 Å². The average molecular weight is 221 g/mol. The first kappa shape index (κ1) is 10.2. The summed E-state index contributed by atoms with van der Waals surface area (Å²) >= 11 is 0. The van der Waals surface area contributed by atoms with Crippen LogP contribution in [0, 0.1) is 5.82 Å². The van der Waals surface area contributed by atoms with E-state index in [9.17, 15) is 9.18 Å². The van der Waals surface area contributed by atoms with Crippen molar-refractivity contribution in [3.05, 3.63) is 30.1 Å². The summed E-state index contributed by atoms with van der Waals surface area (Å²) in [6, 6.07) is 6.05. The van der Waals surface area contributed by atoms with Gasteiger partial charge in [0.15, 0.2) is 0 Å². The number of nitrogens with zero attached hydrogens (tertiary/aromatic N) is 4. The second kappa shape index (κ2) is 4.05. The fourth-order valence-electron chi connectivity index (χ4n) is 1.20. The number of rotatable bonds is 3. The molecule has 6 nitrogen and oxygen atoms in total. The van der Waals surface area contributed by atoms with Gasteiger partial charge < -0.3 is 5.73 Å². The minimum Gasteiger partial charge on any atom is -0.368 e. The first-order valence-corrected chi connectivity index (χ1v) is 4.48. The Kier molecular flexibility index (Phi) is 2.59. The standard InChI is InChI=1S/C9H8FN5O/c10-7-4-2-1-3-6(7)9-12-14-15(13-9)5-8(11)16/h1-4H,5H2,(H2,11,16). The van der Waals surface area contributed by atoms with Gasteiger partial charge in [0.2, 0.25) is 11.7 Å². The molecule has 0 unspecified atom stereocenters. The maximum atomic E-state index is 13.3. The Morgan fingerprint density at radius 3 is 2.88 bits per heavy atom. The summed E-state index contributed by atoms with van der Waals surface area (Å²) in [6.07, 6.45) is 0. The van der Waals surface area contributed by atoms with Crippen molar-refractivity contribution in [1.82, 2.24) is 20.2 Å². The van der Waals surface area contributed by atoms with Crippen molar-refractivity contribution < 1.29 is 9.18 Å². The fourth-order valence-corrected chi connectivity index (χ4v) is 1.20. The van der Waals surface area contributed by atoms with Crippen molar-refractivity contribution in [2.45, 2.75) is 6.54 Å². The molecule has 0 fully saturated rings. The maximum absolute atomic E-state index is 13.3. The van der Waals surface area contributed by atoms with Crippen LogP contribution in [0.25, 0.3) is 11.4 Å². The summed E-state index contributed by atoms with van der Waals surface area (Å²) in [6.45, 7) is -0.179. The van der Waals surface area contributed by atoms with Gasteiger partial charge in [0, 0.05) is 0 Å². The minimum atomic E-state index is -0.586. The molecule has 0 saturated heterocycles. The van der Waals surface area contributed by atoms with Crippen molar-refractivity contribution in [1.29, 1.82) is 0 Å². The number of carbonyl (C=O) groups excluding carboxylic acids is 1. The van der Waals surface area contributed by atoms with E-state index in [1.54, 1.807) is 12.1 Å². The summed E-state index contributed by atoms with van der Waals surface area (Å²) in [5.41, 5.74) is 5.20. The summed E-state index contributed by atoms with van der Waals surface area (Å²) in [5, 5.41) is 11.1. The predicted molar refractivity (Wildman–Crippen MR) is 52.4 cm³/mol. The third-order valence-corrected chi connectivity index (χ3v) is 1.86. The van der Waals surface area contributed by atoms with Crippen molar-refractivity contribution in [2.24, 2.45) is 5.73 Å². The molecule has 16 heavy (non-hydrogen) atoms. The molecule has 1 aromatic heterocycles. The highest BCUT2D eigenvalue weighted by molar-refractivity contribution is 5.73. The minimum absolute atomic E-state index is 0.124. The van der Waals surface area contributed by atoms with E-state index in [4.69, 9.17) is 5.73 Å². The number of amides is 1. The number of carbonyl (C=O) groups is 1. The zero-order valence-electron chi connectivity index (χ0n) is 8.17.